The molecule has 1 fully saturated rings. The van der Waals surface area contributed by atoms with Gasteiger partial charge in [0.25, 0.3) is 0 Å². The van der Waals surface area contributed by atoms with Crippen molar-refractivity contribution in [3.63, 3.8) is 0 Å². The number of nitrogens with one attached hydrogen (secondary N) is 1. The summed E-state index contributed by atoms with van der Waals surface area (Å²) in [7, 11) is 4.31. The van der Waals surface area contributed by atoms with E-state index in [1.807, 2.05) is 19.1 Å². The highest BCUT2D eigenvalue weighted by Gasteiger charge is 2.43. The molecule has 1 saturated carbocycles. The zero-order valence-corrected chi connectivity index (χ0v) is 12.9. The van der Waals surface area contributed by atoms with Gasteiger partial charge in [-0.15, -0.1) is 0 Å². The Labute approximate surface area is 122 Å². The smallest absolute Gasteiger partial charge is 0.119 e. The van der Waals surface area contributed by atoms with Gasteiger partial charge >= 0.3 is 0 Å². The van der Waals surface area contributed by atoms with Crippen LogP contribution in [0.4, 0.5) is 0 Å². The first kappa shape index (κ1) is 15.3. The van der Waals surface area contributed by atoms with E-state index >= 15 is 0 Å². The number of rotatable bonds is 6. The number of ether oxygens (including phenoxy) is 1. The Balaban J connectivity index is 2.26. The van der Waals surface area contributed by atoms with Gasteiger partial charge in [-0.1, -0.05) is 25.0 Å². The summed E-state index contributed by atoms with van der Waals surface area (Å²) in [5.74, 6) is 6.81. The van der Waals surface area contributed by atoms with Crippen molar-refractivity contribution in [2.75, 3.05) is 20.7 Å². The van der Waals surface area contributed by atoms with E-state index in [9.17, 15) is 0 Å². The molecule has 1 aliphatic carbocycles. The Morgan fingerprint density at radius 2 is 1.85 bits per heavy atom. The molecule has 4 heteroatoms. The molecule has 0 amide bonds. The fourth-order valence-electron chi connectivity index (χ4n) is 3.47. The fraction of sp³-hybridized carbons (Fsp3) is 0.625. The Kier molecular flexibility index (Phi) is 5.02. The zero-order valence-electron chi connectivity index (χ0n) is 12.9. The highest BCUT2D eigenvalue weighted by Crippen LogP contribution is 2.43. The molecule has 0 aliphatic heterocycles. The Hall–Kier alpha value is -1.10. The molecule has 1 aromatic carbocycles. The number of benzene rings is 1. The molecule has 0 radical (unpaired) electrons. The van der Waals surface area contributed by atoms with Crippen LogP contribution in [0.25, 0.3) is 0 Å². The summed E-state index contributed by atoms with van der Waals surface area (Å²) >= 11 is 0. The van der Waals surface area contributed by atoms with E-state index in [1.54, 1.807) is 0 Å². The molecule has 1 aromatic rings. The summed E-state index contributed by atoms with van der Waals surface area (Å²) in [6.45, 7) is 2.69. The summed E-state index contributed by atoms with van der Waals surface area (Å²) in [5, 5.41) is 0. The molecule has 20 heavy (non-hydrogen) atoms. The van der Waals surface area contributed by atoms with Crippen molar-refractivity contribution in [3.8, 4) is 5.75 Å². The summed E-state index contributed by atoms with van der Waals surface area (Å²) in [6.07, 6.45) is 4.91. The van der Waals surface area contributed by atoms with Crippen LogP contribution in [0.15, 0.2) is 24.3 Å². The van der Waals surface area contributed by atoms with Gasteiger partial charge in [-0.05, 0) is 51.6 Å². The fourth-order valence-corrected chi connectivity index (χ4v) is 3.47. The van der Waals surface area contributed by atoms with E-state index in [0.717, 1.165) is 5.75 Å². The lowest BCUT2D eigenvalue weighted by Crippen LogP contribution is -2.53. The lowest BCUT2D eigenvalue weighted by Gasteiger charge is -2.43. The Bertz CT molecular complexity index is 410. The third-order valence-electron chi connectivity index (χ3n) is 4.59. The van der Waals surface area contributed by atoms with Crippen LogP contribution >= 0.6 is 0 Å². The molecule has 112 valence electrons. The minimum atomic E-state index is 0.113. The average molecular weight is 277 g/mol. The van der Waals surface area contributed by atoms with E-state index in [1.165, 1.54) is 31.2 Å². The SMILES string of the molecule is CCOc1ccc(C(NN)C2(N(C)C)CCCC2)cc1. The minimum Gasteiger partial charge on any atom is -0.494 e. The first-order valence-electron chi connectivity index (χ1n) is 7.50. The quantitative estimate of drug-likeness (QED) is 0.619. The number of nitrogens with zero attached hydrogens (tertiary/aromatic N) is 1. The van der Waals surface area contributed by atoms with Crippen LogP contribution in [0.3, 0.4) is 0 Å². The second-order valence-corrected chi connectivity index (χ2v) is 5.81. The maximum absolute atomic E-state index is 5.90. The van der Waals surface area contributed by atoms with Crippen LogP contribution in [0.5, 0.6) is 5.75 Å². The lowest BCUT2D eigenvalue weighted by molar-refractivity contribution is 0.105. The van der Waals surface area contributed by atoms with Crippen LogP contribution in [0, 0.1) is 0 Å². The van der Waals surface area contributed by atoms with Crippen molar-refractivity contribution in [2.45, 2.75) is 44.2 Å². The standard InChI is InChI=1S/C16H27N3O/c1-4-20-14-9-7-13(8-10-14)15(18-17)16(19(2)3)11-5-6-12-16/h7-10,15,18H,4-6,11-12,17H2,1-3H3. The highest BCUT2D eigenvalue weighted by atomic mass is 16.5. The van der Waals surface area contributed by atoms with Crippen molar-refractivity contribution in [3.05, 3.63) is 29.8 Å². The van der Waals surface area contributed by atoms with Crippen LogP contribution < -0.4 is 16.0 Å². The number of likely N-dealkylation sites (N-methyl/N-ethyl adjacent to an activating group) is 1. The van der Waals surface area contributed by atoms with Crippen molar-refractivity contribution in [2.24, 2.45) is 5.84 Å². The molecule has 0 saturated heterocycles. The predicted octanol–water partition coefficient (Wildman–Crippen LogP) is 2.46. The van der Waals surface area contributed by atoms with Gasteiger partial charge in [0.05, 0.1) is 12.6 Å². The maximum Gasteiger partial charge on any atom is 0.119 e. The van der Waals surface area contributed by atoms with Gasteiger partial charge in [-0.25, -0.2) is 0 Å². The first-order valence-corrected chi connectivity index (χ1v) is 7.50. The monoisotopic (exact) mass is 277 g/mol. The van der Waals surface area contributed by atoms with Gasteiger partial charge in [0, 0.05) is 5.54 Å². The number of nitrogens with two attached hydrogens (primary N) is 1. The lowest BCUT2D eigenvalue weighted by atomic mass is 9.83. The summed E-state index contributed by atoms with van der Waals surface area (Å²) in [6, 6.07) is 8.46. The van der Waals surface area contributed by atoms with Gasteiger partial charge in [0.2, 0.25) is 0 Å². The summed E-state index contributed by atoms with van der Waals surface area (Å²) < 4.78 is 5.51. The molecule has 1 aliphatic rings. The van der Waals surface area contributed by atoms with Crippen LogP contribution in [-0.4, -0.2) is 31.1 Å². The van der Waals surface area contributed by atoms with E-state index in [4.69, 9.17) is 10.6 Å². The molecular weight excluding hydrogens is 250 g/mol. The molecule has 0 heterocycles. The topological polar surface area (TPSA) is 50.5 Å². The third kappa shape index (κ3) is 2.82. The Morgan fingerprint density at radius 3 is 2.30 bits per heavy atom. The van der Waals surface area contributed by atoms with E-state index in [0.29, 0.717) is 6.61 Å². The normalized spacial score (nSPS) is 19.2. The van der Waals surface area contributed by atoms with Gasteiger partial charge in [-0.2, -0.15) is 0 Å². The molecule has 2 rings (SSSR count). The van der Waals surface area contributed by atoms with Gasteiger partial charge in [-0.3, -0.25) is 11.3 Å². The number of hydrogen-bond donors (Lipinski definition) is 2. The summed E-state index contributed by atoms with van der Waals surface area (Å²) in [4.78, 5) is 2.33. The number of hydrogen-bond acceptors (Lipinski definition) is 4. The molecule has 0 spiro atoms. The molecule has 1 atom stereocenters. The van der Waals surface area contributed by atoms with E-state index < -0.39 is 0 Å². The molecule has 0 aromatic heterocycles. The van der Waals surface area contributed by atoms with Crippen molar-refractivity contribution >= 4 is 0 Å². The maximum atomic E-state index is 5.90. The van der Waals surface area contributed by atoms with E-state index in [-0.39, 0.29) is 11.6 Å². The van der Waals surface area contributed by atoms with Gasteiger partial charge < -0.3 is 9.64 Å². The molecule has 3 N–H and O–H groups in total. The van der Waals surface area contributed by atoms with Crippen molar-refractivity contribution < 1.29 is 4.74 Å². The van der Waals surface area contributed by atoms with Gasteiger partial charge in [0.1, 0.15) is 5.75 Å². The van der Waals surface area contributed by atoms with Gasteiger partial charge in [0.15, 0.2) is 0 Å². The van der Waals surface area contributed by atoms with Crippen LogP contribution in [0.2, 0.25) is 0 Å². The third-order valence-corrected chi connectivity index (χ3v) is 4.59. The molecule has 0 bridgehead atoms. The summed E-state index contributed by atoms with van der Waals surface area (Å²) in [5.41, 5.74) is 4.39. The number of hydrazine groups is 1. The zero-order chi connectivity index (χ0) is 14.6. The van der Waals surface area contributed by atoms with E-state index in [2.05, 4.69) is 36.6 Å². The Morgan fingerprint density at radius 1 is 1.25 bits per heavy atom. The second-order valence-electron chi connectivity index (χ2n) is 5.81. The largest absolute Gasteiger partial charge is 0.494 e. The molecule has 1 unspecified atom stereocenters. The molecule has 4 nitrogen and oxygen atoms in total. The van der Waals surface area contributed by atoms with Crippen molar-refractivity contribution in [1.82, 2.24) is 10.3 Å². The molecular formula is C16H27N3O. The highest BCUT2D eigenvalue weighted by molar-refractivity contribution is 5.31. The minimum absolute atomic E-state index is 0.113. The van der Waals surface area contributed by atoms with Crippen LogP contribution in [0.1, 0.15) is 44.2 Å². The average Bonchev–Trinajstić information content (AvgIpc) is 2.93. The van der Waals surface area contributed by atoms with Crippen LogP contribution in [-0.2, 0) is 0 Å². The first-order chi connectivity index (χ1) is 9.64. The predicted molar refractivity (Wildman–Crippen MR) is 82.6 cm³/mol. The second kappa shape index (κ2) is 6.57. The van der Waals surface area contributed by atoms with Crippen molar-refractivity contribution in [1.29, 1.82) is 0 Å².